The van der Waals surface area contributed by atoms with Crippen LogP contribution in [0, 0.1) is 73.9 Å². The standard InChI is InChI=1S/C17H23NO2.C15H17F2NOS.C15H19N2O.C14H16F2N3.Ir.Ni.2Pd/c1-5-11(3)16-15(13-9-7-8-10-14(13)19)18-17(20-16)12(4)6-2;1-5-7(2)12-10(16)6-11(19)13(14(12)17)15-8(3)20-9(4)18-15;1-10-6-7-12(11(2)8-10)14-16-13(18-17-14)9-15(3,4)5;1-14(2,3)8-12-17-13(18-19(12)4)10-6-5-9(15)7-11(10)16;;;;/h7-12,19H,5-6H2,1-4H3;6-7,19H,5H2,1-4H3;6,8H,9H2,1-5H3;5,7H,8H2,1-4H3;;;;/q;;2*-1;;;;. The van der Waals surface area contributed by atoms with Crippen LogP contribution < -0.4 is 0 Å². The van der Waals surface area contributed by atoms with Gasteiger partial charge in [0.1, 0.15) is 46.2 Å². The monoisotopic (exact) mass is 1540 g/mol. The summed E-state index contributed by atoms with van der Waals surface area (Å²) in [4.78, 5) is 18.5. The van der Waals surface area contributed by atoms with Gasteiger partial charge in [-0.05, 0) is 62.0 Å². The van der Waals surface area contributed by atoms with E-state index in [4.69, 9.17) is 8.94 Å². The van der Waals surface area contributed by atoms with Crippen molar-refractivity contribution in [1.82, 2.24) is 34.9 Å². The van der Waals surface area contributed by atoms with E-state index in [1.54, 1.807) is 24.7 Å². The first kappa shape index (κ1) is 74.8. The normalized spacial score (nSPS) is 12.1. The average molecular weight is 1540 g/mol. The number of phenols is 2. The Morgan fingerprint density at radius 3 is 1.85 bits per heavy atom. The molecule has 3 unspecified atom stereocenters. The Labute approximate surface area is 531 Å². The van der Waals surface area contributed by atoms with Crippen LogP contribution in [0.4, 0.5) is 17.6 Å². The Morgan fingerprint density at radius 2 is 1.31 bits per heavy atom. The van der Waals surface area contributed by atoms with Gasteiger partial charge in [-0.2, -0.15) is 0 Å². The molecule has 0 amide bonds. The van der Waals surface area contributed by atoms with Crippen LogP contribution in [0.15, 0.2) is 63.5 Å². The number of nitrogens with zero attached hydrogens (tertiary/aromatic N) is 7. The number of thiazole rings is 1. The number of benzene rings is 4. The van der Waals surface area contributed by atoms with Gasteiger partial charge in [-0.1, -0.05) is 121 Å². The van der Waals surface area contributed by atoms with E-state index < -0.39 is 29.0 Å². The van der Waals surface area contributed by atoms with Crippen molar-refractivity contribution in [3.05, 3.63) is 140 Å². The molecule has 0 bridgehead atoms. The minimum atomic E-state index is -0.706. The number of rotatable bonds is 12. The second-order valence-electron chi connectivity index (χ2n) is 22.1. The van der Waals surface area contributed by atoms with Gasteiger partial charge in [0, 0.05) is 143 Å². The molecular formula is C61H75F4IrN7NiO4Pd2S-2. The van der Waals surface area contributed by atoms with Crippen LogP contribution in [-0.4, -0.2) is 45.1 Å². The third-order valence-electron chi connectivity index (χ3n) is 12.7. The zero-order chi connectivity index (χ0) is 57.3. The maximum Gasteiger partial charge on any atom is 0.217 e. The Hall–Kier alpha value is -4.21. The SMILES string of the molecule is CCC(C)c1c(F)cc(O)c(-c2nc(C)sc2C)c1F.CCC(C)c1nc(-c2ccccc2O)c(C(C)CC)o1.Cc1c[c-]c(-c2noc(CC(C)(C)C)n2)c(C)c1.Cn1nc(-c2[c-]cc(F)cc2F)nc1CC(C)(C)C.[Ir].[Ni].[Pd].[Pd]. The molecule has 2 N–H and O–H groups in total. The molecule has 0 saturated carbocycles. The molecule has 81 heavy (non-hydrogen) atoms. The van der Waals surface area contributed by atoms with Crippen molar-refractivity contribution in [2.45, 2.75) is 161 Å². The summed E-state index contributed by atoms with van der Waals surface area (Å²) in [6.45, 7) is 32.6. The summed E-state index contributed by atoms with van der Waals surface area (Å²) in [5, 5.41) is 29.0. The Bertz CT molecular complexity index is 3260. The fourth-order valence-electron chi connectivity index (χ4n) is 8.03. The van der Waals surface area contributed by atoms with Crippen molar-refractivity contribution >= 4 is 11.3 Å². The van der Waals surface area contributed by atoms with Gasteiger partial charge in [-0.3, -0.25) is 18.4 Å². The summed E-state index contributed by atoms with van der Waals surface area (Å²) in [6.07, 6.45) is 4.09. The molecule has 0 aliphatic carbocycles. The second-order valence-corrected chi connectivity index (χ2v) is 23.5. The van der Waals surface area contributed by atoms with Gasteiger partial charge in [-0.15, -0.1) is 63.5 Å². The van der Waals surface area contributed by atoms with E-state index >= 15 is 0 Å². The molecule has 4 heterocycles. The molecule has 3 atom stereocenters. The topological polar surface area (TPSA) is 149 Å². The number of aromatic nitrogens is 7. The van der Waals surface area contributed by atoms with Crippen molar-refractivity contribution in [3.63, 3.8) is 0 Å². The molecule has 8 rings (SSSR count). The molecule has 4 aromatic heterocycles. The van der Waals surface area contributed by atoms with Gasteiger partial charge in [-0.25, -0.2) is 28.8 Å². The molecule has 11 nitrogen and oxygen atoms in total. The largest absolute Gasteiger partial charge is 0.507 e. The van der Waals surface area contributed by atoms with Gasteiger partial charge in [0.2, 0.25) is 5.89 Å². The van der Waals surface area contributed by atoms with Crippen molar-refractivity contribution in [3.8, 4) is 56.8 Å². The summed E-state index contributed by atoms with van der Waals surface area (Å²) in [5.41, 5.74) is 5.49. The molecule has 1 radical (unpaired) electrons. The molecular weight excluding hydrogens is 1470 g/mol. The number of phenolic OH excluding ortho intramolecular Hbond substituents is 2. The quantitative estimate of drug-likeness (QED) is 0.0688. The predicted octanol–water partition coefficient (Wildman–Crippen LogP) is 16.9. The fourth-order valence-corrected chi connectivity index (χ4v) is 8.85. The Balaban J connectivity index is 0.000000532. The minimum Gasteiger partial charge on any atom is -0.507 e. The zero-order valence-electron chi connectivity index (χ0n) is 49.0. The summed E-state index contributed by atoms with van der Waals surface area (Å²) < 4.78 is 68.0. The van der Waals surface area contributed by atoms with Gasteiger partial charge < -0.3 is 19.2 Å². The second kappa shape index (κ2) is 32.7. The first-order valence-electron chi connectivity index (χ1n) is 26.1. The molecule has 0 aliphatic rings. The molecule has 0 saturated heterocycles. The van der Waals surface area contributed by atoms with Crippen molar-refractivity contribution in [2.75, 3.05) is 0 Å². The van der Waals surface area contributed by atoms with Gasteiger partial charge >= 0.3 is 0 Å². The maximum absolute atomic E-state index is 14.7. The van der Waals surface area contributed by atoms with Crippen LogP contribution in [0.2, 0.25) is 0 Å². The Morgan fingerprint density at radius 1 is 0.704 bits per heavy atom. The number of hydrogen-bond donors (Lipinski definition) is 2. The van der Waals surface area contributed by atoms with E-state index in [-0.39, 0.29) is 134 Å². The molecule has 453 valence electrons. The molecule has 20 heteroatoms. The summed E-state index contributed by atoms with van der Waals surface area (Å²) >= 11 is 1.42. The van der Waals surface area contributed by atoms with Crippen molar-refractivity contribution in [1.29, 1.82) is 0 Å². The van der Waals surface area contributed by atoms with E-state index in [0.717, 1.165) is 93.6 Å². The van der Waals surface area contributed by atoms with Crippen LogP contribution in [0.3, 0.4) is 0 Å². The smallest absolute Gasteiger partial charge is 0.217 e. The number of halogens is 4. The Kier molecular flexibility index (Phi) is 30.2. The van der Waals surface area contributed by atoms with Crippen LogP contribution in [0.25, 0.3) is 45.3 Å². The molecule has 8 aromatic rings. The van der Waals surface area contributed by atoms with E-state index in [1.165, 1.54) is 16.9 Å². The predicted molar refractivity (Wildman–Crippen MR) is 298 cm³/mol. The summed E-state index contributed by atoms with van der Waals surface area (Å²) in [6, 6.07) is 20.0. The van der Waals surface area contributed by atoms with E-state index in [0.29, 0.717) is 23.8 Å². The van der Waals surface area contributed by atoms with E-state index in [2.05, 4.69) is 125 Å². The van der Waals surface area contributed by atoms with E-state index in [1.807, 2.05) is 52.0 Å². The summed E-state index contributed by atoms with van der Waals surface area (Å²) in [5.74, 6) is 1.36. The van der Waals surface area contributed by atoms with Crippen molar-refractivity contribution in [2.24, 2.45) is 17.9 Å². The molecule has 4 aromatic carbocycles. The first-order chi connectivity index (χ1) is 36.1. The van der Waals surface area contributed by atoms with Crippen molar-refractivity contribution < 1.29 is 114 Å². The van der Waals surface area contributed by atoms with Gasteiger partial charge in [0.15, 0.2) is 5.89 Å². The molecule has 0 fully saturated rings. The number of aromatic hydroxyl groups is 2. The van der Waals surface area contributed by atoms with Crippen LogP contribution in [0.5, 0.6) is 11.5 Å². The molecule has 0 aliphatic heterocycles. The number of hydrogen-bond acceptors (Lipinski definition) is 11. The average Bonchev–Trinajstić information content (AvgIpc) is 4.14. The molecule has 0 spiro atoms. The van der Waals surface area contributed by atoms with E-state index in [9.17, 15) is 27.8 Å². The minimum absolute atomic E-state index is 0. The fraction of sp³-hybridized carbons (Fsp3) is 0.443. The van der Waals surface area contributed by atoms with Gasteiger partial charge in [0.05, 0.1) is 22.1 Å². The zero-order valence-corrected chi connectivity index (χ0v) is 56.3. The third-order valence-corrected chi connectivity index (χ3v) is 13.6. The number of oxazole rings is 1. The van der Waals surface area contributed by atoms with Crippen LogP contribution >= 0.6 is 11.3 Å². The first-order valence-corrected chi connectivity index (χ1v) is 26.9. The third kappa shape index (κ3) is 20.5. The number of para-hydroxylation sites is 1. The van der Waals surface area contributed by atoms with Crippen LogP contribution in [0.1, 0.15) is 170 Å². The number of aryl methyl sites for hydroxylation is 5. The van der Waals surface area contributed by atoms with Crippen LogP contribution in [-0.2, 0) is 97.3 Å². The summed E-state index contributed by atoms with van der Waals surface area (Å²) in [7, 11) is 1.76. The maximum atomic E-state index is 14.7. The van der Waals surface area contributed by atoms with Gasteiger partial charge in [0.25, 0.3) is 0 Å².